The molecule has 1 amide bonds. The Bertz CT molecular complexity index is 664. The van der Waals surface area contributed by atoms with Gasteiger partial charge in [0.1, 0.15) is 5.69 Å². The van der Waals surface area contributed by atoms with E-state index in [4.69, 9.17) is 0 Å². The molecule has 0 bridgehead atoms. The van der Waals surface area contributed by atoms with E-state index in [0.717, 1.165) is 0 Å². The molecule has 5 nitrogen and oxygen atoms in total. The number of nitrogens with one attached hydrogen (secondary N) is 1. The molecule has 19 heavy (non-hydrogen) atoms. The number of nitrogens with zero attached hydrogens (tertiary/aromatic N) is 2. The maximum atomic E-state index is 12.3. The predicted octanol–water partition coefficient (Wildman–Crippen LogP) is 2.19. The van der Waals surface area contributed by atoms with Crippen molar-refractivity contribution in [3.8, 4) is 0 Å². The molecular weight excluding hydrogens is 262 g/mol. The second-order valence-corrected chi connectivity index (χ2v) is 5.11. The molecular formula is C13H11N3O2S. The number of carbonyl (C=O) groups is 2. The zero-order valence-electron chi connectivity index (χ0n) is 10.2. The summed E-state index contributed by atoms with van der Waals surface area (Å²) in [6, 6.07) is 9.14. The van der Waals surface area contributed by atoms with Crippen molar-refractivity contribution in [2.45, 2.75) is 12.1 Å². The summed E-state index contributed by atoms with van der Waals surface area (Å²) in [6.45, 7) is 1.74. The molecule has 0 unspecified atom stereocenters. The first kappa shape index (κ1) is 12.0. The van der Waals surface area contributed by atoms with E-state index in [1.54, 1.807) is 19.1 Å². The Hall–Kier alpha value is -2.08. The molecule has 2 heterocycles. The Labute approximate surface area is 114 Å². The smallest absolute Gasteiger partial charge is 0.274 e. The van der Waals surface area contributed by atoms with E-state index < -0.39 is 0 Å². The number of hydrogen-bond donors (Lipinski definition) is 1. The Morgan fingerprint density at radius 1 is 1.37 bits per heavy atom. The number of thioether (sulfide) groups is 1. The van der Waals surface area contributed by atoms with Crippen LogP contribution >= 0.6 is 11.8 Å². The Morgan fingerprint density at radius 3 is 2.84 bits per heavy atom. The van der Waals surface area contributed by atoms with Gasteiger partial charge in [0.2, 0.25) is 5.91 Å². The Morgan fingerprint density at radius 2 is 2.11 bits per heavy atom. The second kappa shape index (κ2) is 4.55. The number of rotatable bonds is 2. The monoisotopic (exact) mass is 273 g/mol. The molecule has 1 aliphatic heterocycles. The van der Waals surface area contributed by atoms with Crippen molar-refractivity contribution in [1.29, 1.82) is 0 Å². The van der Waals surface area contributed by atoms with Crippen LogP contribution in [0.2, 0.25) is 0 Å². The zero-order valence-corrected chi connectivity index (χ0v) is 11.0. The number of amides is 1. The van der Waals surface area contributed by atoms with Crippen LogP contribution in [0.1, 0.15) is 21.0 Å². The van der Waals surface area contributed by atoms with Crippen LogP contribution in [0, 0.1) is 6.92 Å². The number of hydrogen-bond acceptors (Lipinski definition) is 4. The number of aromatic nitrogens is 2. The average Bonchev–Trinajstić information content (AvgIpc) is 2.90. The van der Waals surface area contributed by atoms with Crippen molar-refractivity contribution in [3.63, 3.8) is 0 Å². The van der Waals surface area contributed by atoms with Gasteiger partial charge in [-0.25, -0.2) is 4.98 Å². The lowest BCUT2D eigenvalue weighted by Gasteiger charge is -2.06. The van der Waals surface area contributed by atoms with Crippen LogP contribution in [0.15, 0.2) is 35.5 Å². The van der Waals surface area contributed by atoms with Crippen molar-refractivity contribution in [2.24, 2.45) is 0 Å². The van der Waals surface area contributed by atoms with E-state index in [2.05, 4.69) is 10.3 Å². The highest BCUT2D eigenvalue weighted by atomic mass is 32.2. The Kier molecular flexibility index (Phi) is 2.87. The van der Waals surface area contributed by atoms with Crippen LogP contribution in [0.25, 0.3) is 0 Å². The molecule has 0 saturated heterocycles. The number of para-hydroxylation sites is 1. The molecule has 0 atom stereocenters. The summed E-state index contributed by atoms with van der Waals surface area (Å²) >= 11 is 1.36. The summed E-state index contributed by atoms with van der Waals surface area (Å²) in [7, 11) is 0. The van der Waals surface area contributed by atoms with Crippen LogP contribution in [0.3, 0.4) is 0 Å². The van der Waals surface area contributed by atoms with Crippen LogP contribution in [-0.2, 0) is 0 Å². The molecule has 3 rings (SSSR count). The van der Waals surface area contributed by atoms with Crippen LogP contribution in [0.4, 0.5) is 5.69 Å². The molecule has 96 valence electrons. The van der Waals surface area contributed by atoms with E-state index in [1.165, 1.54) is 16.3 Å². The third-order valence-corrected chi connectivity index (χ3v) is 3.77. The number of imidazole rings is 1. The van der Waals surface area contributed by atoms with Gasteiger partial charge in [-0.15, -0.1) is 0 Å². The second-order valence-electron chi connectivity index (χ2n) is 4.17. The lowest BCUT2D eigenvalue weighted by atomic mass is 10.3. The summed E-state index contributed by atoms with van der Waals surface area (Å²) in [5.74, 6) is -0.0640. The quantitative estimate of drug-likeness (QED) is 0.911. The van der Waals surface area contributed by atoms with Gasteiger partial charge in [0.25, 0.3) is 5.91 Å². The summed E-state index contributed by atoms with van der Waals surface area (Å²) in [5, 5.41) is 3.37. The van der Waals surface area contributed by atoms with Gasteiger partial charge in [-0.3, -0.25) is 14.2 Å². The van der Waals surface area contributed by atoms with Crippen molar-refractivity contribution in [3.05, 3.63) is 41.7 Å². The van der Waals surface area contributed by atoms with Crippen molar-refractivity contribution in [1.82, 2.24) is 9.55 Å². The number of carbonyl (C=O) groups excluding carboxylic acids is 2. The largest absolute Gasteiger partial charge is 0.321 e. The maximum Gasteiger partial charge on any atom is 0.274 e. The first-order chi connectivity index (χ1) is 9.16. The topological polar surface area (TPSA) is 64.0 Å². The van der Waals surface area contributed by atoms with Crippen molar-refractivity contribution < 1.29 is 9.59 Å². The molecule has 0 saturated carbocycles. The molecule has 6 heteroatoms. The minimum atomic E-state index is -0.307. The third-order valence-electron chi connectivity index (χ3n) is 2.84. The number of aryl methyl sites for hydroxylation is 1. The van der Waals surface area contributed by atoms with Gasteiger partial charge in [0.05, 0.1) is 11.4 Å². The highest BCUT2D eigenvalue weighted by molar-refractivity contribution is 8.00. The number of fused-ring (bicyclic) bond motifs is 1. The highest BCUT2D eigenvalue weighted by Crippen LogP contribution is 2.28. The molecule has 1 N–H and O–H groups in total. The SMILES string of the molecule is Cc1nc2n(c1C(=O)Nc1ccccc1)C(=O)CS2. The fraction of sp³-hybridized carbons (Fsp3) is 0.154. The molecule has 1 aliphatic rings. The highest BCUT2D eigenvalue weighted by Gasteiger charge is 2.29. The van der Waals surface area contributed by atoms with E-state index >= 15 is 0 Å². The summed E-state index contributed by atoms with van der Waals surface area (Å²) in [5.41, 5.74) is 1.60. The lowest BCUT2D eigenvalue weighted by Crippen LogP contribution is -2.21. The maximum absolute atomic E-state index is 12.3. The minimum absolute atomic E-state index is 0.0983. The van der Waals surface area contributed by atoms with Gasteiger partial charge in [-0.2, -0.15) is 0 Å². The van der Waals surface area contributed by atoms with Gasteiger partial charge < -0.3 is 5.32 Å². The van der Waals surface area contributed by atoms with Crippen LogP contribution in [-0.4, -0.2) is 27.1 Å². The van der Waals surface area contributed by atoms with E-state index in [1.807, 2.05) is 18.2 Å². The molecule has 0 spiro atoms. The van der Waals surface area contributed by atoms with Gasteiger partial charge in [-0.05, 0) is 19.1 Å². The van der Waals surface area contributed by atoms with Gasteiger partial charge in [0, 0.05) is 5.69 Å². The average molecular weight is 273 g/mol. The normalized spacial score (nSPS) is 13.4. The fourth-order valence-electron chi connectivity index (χ4n) is 2.00. The Balaban J connectivity index is 1.95. The van der Waals surface area contributed by atoms with Gasteiger partial charge >= 0.3 is 0 Å². The molecule has 2 aromatic rings. The standard InChI is InChI=1S/C13H11N3O2S/c1-8-11(16-10(17)7-19-13(16)14-8)12(18)15-9-5-3-2-4-6-9/h2-6H,7H2,1H3,(H,15,18). The first-order valence-corrected chi connectivity index (χ1v) is 6.77. The fourth-order valence-corrected chi connectivity index (χ4v) is 2.91. The third kappa shape index (κ3) is 2.04. The van der Waals surface area contributed by atoms with Crippen LogP contribution < -0.4 is 5.32 Å². The summed E-state index contributed by atoms with van der Waals surface area (Å²) in [6.07, 6.45) is 0. The molecule has 0 fully saturated rings. The predicted molar refractivity (Wildman–Crippen MR) is 72.7 cm³/mol. The van der Waals surface area contributed by atoms with Gasteiger partial charge in [-0.1, -0.05) is 30.0 Å². The molecule has 0 radical (unpaired) electrons. The minimum Gasteiger partial charge on any atom is -0.321 e. The van der Waals surface area contributed by atoms with Gasteiger partial charge in [0.15, 0.2) is 5.16 Å². The number of anilines is 1. The zero-order chi connectivity index (χ0) is 13.4. The first-order valence-electron chi connectivity index (χ1n) is 5.78. The van der Waals surface area contributed by atoms with E-state index in [0.29, 0.717) is 28.0 Å². The lowest BCUT2D eigenvalue weighted by molar-refractivity contribution is 0.0912. The van der Waals surface area contributed by atoms with E-state index in [9.17, 15) is 9.59 Å². The van der Waals surface area contributed by atoms with E-state index in [-0.39, 0.29) is 11.8 Å². The van der Waals surface area contributed by atoms with Crippen molar-refractivity contribution >= 4 is 29.3 Å². The molecule has 0 aliphatic carbocycles. The summed E-state index contributed by atoms with van der Waals surface area (Å²) < 4.78 is 1.40. The number of benzene rings is 1. The van der Waals surface area contributed by atoms with Crippen LogP contribution in [0.5, 0.6) is 0 Å². The molecule has 1 aromatic carbocycles. The van der Waals surface area contributed by atoms with Crippen molar-refractivity contribution in [2.75, 3.05) is 11.1 Å². The molecule has 1 aromatic heterocycles. The summed E-state index contributed by atoms with van der Waals surface area (Å²) in [4.78, 5) is 28.3.